The van der Waals surface area contributed by atoms with E-state index in [9.17, 15) is 14.7 Å². The second-order valence-electron chi connectivity index (χ2n) is 6.03. The van der Waals surface area contributed by atoms with Gasteiger partial charge in [0.1, 0.15) is 18.1 Å². The number of amides is 1. The topological polar surface area (TPSA) is 75.6 Å². The Morgan fingerprint density at radius 3 is 2.07 bits per heavy atom. The zero-order chi connectivity index (χ0) is 19.8. The predicted molar refractivity (Wildman–Crippen MR) is 107 cm³/mol. The van der Waals surface area contributed by atoms with Crippen LogP contribution in [0.2, 0.25) is 0 Å². The summed E-state index contributed by atoms with van der Waals surface area (Å²) in [7, 11) is 0. The first-order valence-corrected chi connectivity index (χ1v) is 8.70. The number of rotatable bonds is 7. The SMILES string of the molecule is O=C(O)/C(=C\c1ccc(COc2ccccc2)cc1)NC(=O)c1ccccc1. The van der Waals surface area contributed by atoms with E-state index in [-0.39, 0.29) is 5.70 Å². The number of benzene rings is 3. The summed E-state index contributed by atoms with van der Waals surface area (Å²) in [6, 6.07) is 25.2. The fourth-order valence-corrected chi connectivity index (χ4v) is 2.50. The van der Waals surface area contributed by atoms with Crippen molar-refractivity contribution < 1.29 is 19.4 Å². The van der Waals surface area contributed by atoms with Gasteiger partial charge < -0.3 is 15.2 Å². The van der Waals surface area contributed by atoms with Gasteiger partial charge in [-0.3, -0.25) is 4.79 Å². The molecule has 3 rings (SSSR count). The molecule has 0 fully saturated rings. The van der Waals surface area contributed by atoms with E-state index in [2.05, 4.69) is 5.32 Å². The van der Waals surface area contributed by atoms with Gasteiger partial charge in [-0.2, -0.15) is 0 Å². The van der Waals surface area contributed by atoms with Crippen LogP contribution in [0, 0.1) is 0 Å². The van der Waals surface area contributed by atoms with Gasteiger partial charge in [0.2, 0.25) is 0 Å². The highest BCUT2D eigenvalue weighted by molar-refractivity contribution is 6.02. The first-order valence-electron chi connectivity index (χ1n) is 8.70. The van der Waals surface area contributed by atoms with Crippen LogP contribution in [-0.2, 0) is 11.4 Å². The van der Waals surface area contributed by atoms with Crippen molar-refractivity contribution in [2.45, 2.75) is 6.61 Å². The molecule has 0 radical (unpaired) electrons. The van der Waals surface area contributed by atoms with E-state index < -0.39 is 11.9 Å². The number of carbonyl (C=O) groups is 2. The minimum Gasteiger partial charge on any atom is -0.489 e. The highest BCUT2D eigenvalue weighted by Gasteiger charge is 2.13. The van der Waals surface area contributed by atoms with Gasteiger partial charge in [-0.15, -0.1) is 0 Å². The number of carbonyl (C=O) groups excluding carboxylic acids is 1. The van der Waals surface area contributed by atoms with Crippen molar-refractivity contribution in [1.29, 1.82) is 0 Å². The lowest BCUT2D eigenvalue weighted by Crippen LogP contribution is -2.27. The average Bonchev–Trinajstić information content (AvgIpc) is 2.74. The Labute approximate surface area is 162 Å². The molecule has 0 bridgehead atoms. The van der Waals surface area contributed by atoms with E-state index in [0.717, 1.165) is 11.3 Å². The quantitative estimate of drug-likeness (QED) is 0.611. The molecule has 0 saturated carbocycles. The average molecular weight is 373 g/mol. The third-order valence-electron chi connectivity index (χ3n) is 3.95. The molecule has 0 saturated heterocycles. The van der Waals surface area contributed by atoms with Crippen LogP contribution in [0.5, 0.6) is 5.75 Å². The number of nitrogens with one attached hydrogen (secondary N) is 1. The molecule has 28 heavy (non-hydrogen) atoms. The Morgan fingerprint density at radius 2 is 1.46 bits per heavy atom. The number of ether oxygens (including phenoxy) is 1. The fraction of sp³-hybridized carbons (Fsp3) is 0.0435. The zero-order valence-corrected chi connectivity index (χ0v) is 15.0. The molecule has 5 heteroatoms. The smallest absolute Gasteiger partial charge is 0.352 e. The van der Waals surface area contributed by atoms with Gasteiger partial charge in [0.15, 0.2) is 0 Å². The Kier molecular flexibility index (Phi) is 6.21. The van der Waals surface area contributed by atoms with Crippen molar-refractivity contribution >= 4 is 18.0 Å². The maximum absolute atomic E-state index is 12.2. The van der Waals surface area contributed by atoms with E-state index >= 15 is 0 Å². The number of hydrogen-bond donors (Lipinski definition) is 2. The van der Waals surface area contributed by atoms with Gasteiger partial charge in [0.25, 0.3) is 5.91 Å². The van der Waals surface area contributed by atoms with Crippen molar-refractivity contribution in [1.82, 2.24) is 5.32 Å². The molecule has 0 unspecified atom stereocenters. The van der Waals surface area contributed by atoms with Crippen LogP contribution in [0.4, 0.5) is 0 Å². The molecular weight excluding hydrogens is 354 g/mol. The summed E-state index contributed by atoms with van der Waals surface area (Å²) >= 11 is 0. The second kappa shape index (κ2) is 9.19. The van der Waals surface area contributed by atoms with Crippen molar-refractivity contribution in [3.63, 3.8) is 0 Å². The highest BCUT2D eigenvalue weighted by atomic mass is 16.5. The molecule has 0 heterocycles. The van der Waals surface area contributed by atoms with Crippen molar-refractivity contribution in [2.75, 3.05) is 0 Å². The number of carboxylic acid groups (broad SMARTS) is 1. The van der Waals surface area contributed by atoms with Crippen molar-refractivity contribution in [3.05, 3.63) is 107 Å². The largest absolute Gasteiger partial charge is 0.489 e. The Bertz CT molecular complexity index is 965. The van der Waals surface area contributed by atoms with E-state index in [0.29, 0.717) is 17.7 Å². The molecule has 0 aromatic heterocycles. The van der Waals surface area contributed by atoms with Gasteiger partial charge in [-0.1, -0.05) is 60.7 Å². The maximum Gasteiger partial charge on any atom is 0.352 e. The predicted octanol–water partition coefficient (Wildman–Crippen LogP) is 4.12. The van der Waals surface area contributed by atoms with Crippen LogP contribution in [-0.4, -0.2) is 17.0 Å². The summed E-state index contributed by atoms with van der Waals surface area (Å²) in [4.78, 5) is 23.7. The first-order chi connectivity index (χ1) is 13.6. The van der Waals surface area contributed by atoms with Crippen LogP contribution in [0.1, 0.15) is 21.5 Å². The van der Waals surface area contributed by atoms with Crippen molar-refractivity contribution in [2.24, 2.45) is 0 Å². The van der Waals surface area contributed by atoms with Gasteiger partial charge in [0, 0.05) is 5.56 Å². The molecule has 0 aliphatic heterocycles. The van der Waals surface area contributed by atoms with E-state index in [1.54, 1.807) is 42.5 Å². The lowest BCUT2D eigenvalue weighted by molar-refractivity contribution is -0.132. The summed E-state index contributed by atoms with van der Waals surface area (Å²) in [5.74, 6) is -0.897. The third-order valence-corrected chi connectivity index (χ3v) is 3.95. The summed E-state index contributed by atoms with van der Waals surface area (Å²) in [5.41, 5.74) is 1.81. The molecule has 0 aliphatic carbocycles. The second-order valence-corrected chi connectivity index (χ2v) is 6.03. The van der Waals surface area contributed by atoms with Crippen LogP contribution in [0.3, 0.4) is 0 Å². The van der Waals surface area contributed by atoms with Crippen molar-refractivity contribution in [3.8, 4) is 5.75 Å². The highest BCUT2D eigenvalue weighted by Crippen LogP contribution is 2.13. The molecule has 3 aromatic carbocycles. The monoisotopic (exact) mass is 373 g/mol. The summed E-state index contributed by atoms with van der Waals surface area (Å²) < 4.78 is 5.69. The first kappa shape index (κ1) is 18.9. The lowest BCUT2D eigenvalue weighted by atomic mass is 10.1. The Morgan fingerprint density at radius 1 is 0.857 bits per heavy atom. The van der Waals surface area contributed by atoms with Crippen LogP contribution >= 0.6 is 0 Å². The van der Waals surface area contributed by atoms with Gasteiger partial charge in [-0.25, -0.2) is 4.79 Å². The Hall–Kier alpha value is -3.86. The van der Waals surface area contributed by atoms with Crippen LogP contribution in [0.15, 0.2) is 90.6 Å². The van der Waals surface area contributed by atoms with Gasteiger partial charge in [-0.05, 0) is 41.5 Å². The minimum absolute atomic E-state index is 0.192. The standard InChI is InChI=1S/C23H19NO4/c25-22(19-7-3-1-4-8-19)24-21(23(26)27)15-17-11-13-18(14-12-17)16-28-20-9-5-2-6-10-20/h1-15H,16H2,(H,24,25)(H,26,27)/b21-15+. The molecule has 3 aromatic rings. The molecule has 140 valence electrons. The molecule has 2 N–H and O–H groups in total. The fourth-order valence-electron chi connectivity index (χ4n) is 2.50. The Balaban J connectivity index is 1.67. The van der Waals surface area contributed by atoms with Crippen LogP contribution < -0.4 is 10.1 Å². The van der Waals surface area contributed by atoms with Crippen LogP contribution in [0.25, 0.3) is 6.08 Å². The molecule has 5 nitrogen and oxygen atoms in total. The summed E-state index contributed by atoms with van der Waals surface area (Å²) in [6.07, 6.45) is 1.42. The van der Waals surface area contributed by atoms with Gasteiger partial charge >= 0.3 is 5.97 Å². The number of hydrogen-bond acceptors (Lipinski definition) is 3. The summed E-state index contributed by atoms with van der Waals surface area (Å²) in [6.45, 7) is 0.407. The molecule has 0 aliphatic rings. The third kappa shape index (κ3) is 5.32. The molecule has 0 spiro atoms. The maximum atomic E-state index is 12.2. The number of carboxylic acids is 1. The summed E-state index contributed by atoms with van der Waals surface area (Å²) in [5, 5.41) is 11.8. The molecular formula is C23H19NO4. The number of aliphatic carboxylic acids is 1. The van der Waals surface area contributed by atoms with E-state index in [1.807, 2.05) is 42.5 Å². The van der Waals surface area contributed by atoms with Gasteiger partial charge in [0.05, 0.1) is 0 Å². The normalized spacial score (nSPS) is 10.9. The number of para-hydroxylation sites is 1. The molecule has 1 amide bonds. The minimum atomic E-state index is -1.21. The molecule has 0 atom stereocenters. The lowest BCUT2D eigenvalue weighted by Gasteiger charge is -2.08. The van der Waals surface area contributed by atoms with E-state index in [1.165, 1.54) is 6.08 Å². The zero-order valence-electron chi connectivity index (χ0n) is 15.0. The van der Waals surface area contributed by atoms with E-state index in [4.69, 9.17) is 4.74 Å².